The van der Waals surface area contributed by atoms with Gasteiger partial charge in [-0.05, 0) is 12.8 Å². The largest absolute Gasteiger partial charge is 0.490 e. The van der Waals surface area contributed by atoms with Crippen molar-refractivity contribution in [1.29, 1.82) is 0 Å². The van der Waals surface area contributed by atoms with Crippen LogP contribution < -0.4 is 15.4 Å². The van der Waals surface area contributed by atoms with Gasteiger partial charge in [-0.2, -0.15) is 0 Å². The summed E-state index contributed by atoms with van der Waals surface area (Å²) in [4.78, 5) is 8.27. The van der Waals surface area contributed by atoms with Crippen LogP contribution in [-0.2, 0) is 0 Å². The lowest BCUT2D eigenvalue weighted by atomic mass is 9.94. The van der Waals surface area contributed by atoms with E-state index in [9.17, 15) is 5.11 Å². The number of methoxy groups -OCH3 is 1. The molecule has 0 saturated carbocycles. The number of aliphatic hydroxyl groups excluding tert-OH is 1. The van der Waals surface area contributed by atoms with Crippen molar-refractivity contribution < 1.29 is 9.84 Å². The van der Waals surface area contributed by atoms with E-state index < -0.39 is 0 Å². The third-order valence-corrected chi connectivity index (χ3v) is 3.28. The van der Waals surface area contributed by atoms with Gasteiger partial charge in [0, 0.05) is 7.05 Å². The highest BCUT2D eigenvalue weighted by molar-refractivity contribution is 5.64. The molecule has 0 bridgehead atoms. The number of rotatable bonds is 7. The monoisotopic (exact) mass is 254 g/mol. The van der Waals surface area contributed by atoms with Gasteiger partial charge < -0.3 is 20.5 Å². The average molecular weight is 254 g/mol. The Balaban J connectivity index is 3.09. The van der Waals surface area contributed by atoms with Crippen LogP contribution >= 0.6 is 0 Å². The highest BCUT2D eigenvalue weighted by Crippen LogP contribution is 2.32. The van der Waals surface area contributed by atoms with E-state index in [-0.39, 0.29) is 12.1 Å². The van der Waals surface area contributed by atoms with Crippen LogP contribution in [0.1, 0.15) is 26.7 Å². The second-order valence-electron chi connectivity index (χ2n) is 4.12. The molecular weight excluding hydrogens is 232 g/mol. The van der Waals surface area contributed by atoms with Crippen LogP contribution in [0.3, 0.4) is 0 Å². The van der Waals surface area contributed by atoms with Gasteiger partial charge in [0.05, 0.1) is 19.3 Å². The molecule has 1 aromatic heterocycles. The SMILES string of the molecule is CCC(CC)(CO)Nc1ncnc(NC)c1OC. The van der Waals surface area contributed by atoms with Gasteiger partial charge >= 0.3 is 0 Å². The summed E-state index contributed by atoms with van der Waals surface area (Å²) in [5, 5.41) is 15.8. The summed E-state index contributed by atoms with van der Waals surface area (Å²) in [5.74, 6) is 1.77. The lowest BCUT2D eigenvalue weighted by Crippen LogP contribution is -2.41. The Kier molecular flexibility index (Phi) is 5.15. The standard InChI is InChI=1S/C12H22N4O2/c1-5-12(6-2,7-17)16-11-9(18-4)10(13-3)14-8-15-11/h8,17H,5-7H2,1-4H3,(H2,13,14,15,16). The van der Waals surface area contributed by atoms with E-state index in [1.807, 2.05) is 13.8 Å². The van der Waals surface area contributed by atoms with Crippen LogP contribution in [-0.4, -0.2) is 41.4 Å². The molecule has 0 spiro atoms. The van der Waals surface area contributed by atoms with Crippen LogP contribution in [0, 0.1) is 0 Å². The first kappa shape index (κ1) is 14.5. The van der Waals surface area contributed by atoms with Gasteiger partial charge in [-0.1, -0.05) is 13.8 Å². The average Bonchev–Trinajstić information content (AvgIpc) is 2.44. The summed E-state index contributed by atoms with van der Waals surface area (Å²) in [6, 6.07) is 0. The number of hydrogen-bond donors (Lipinski definition) is 3. The summed E-state index contributed by atoms with van der Waals surface area (Å²) >= 11 is 0. The molecule has 102 valence electrons. The second-order valence-corrected chi connectivity index (χ2v) is 4.12. The van der Waals surface area contributed by atoms with Crippen molar-refractivity contribution >= 4 is 11.6 Å². The zero-order valence-electron chi connectivity index (χ0n) is 11.4. The van der Waals surface area contributed by atoms with Gasteiger partial charge in [0.25, 0.3) is 0 Å². The van der Waals surface area contributed by atoms with E-state index in [0.717, 1.165) is 12.8 Å². The van der Waals surface area contributed by atoms with Crippen LogP contribution in [0.15, 0.2) is 6.33 Å². The van der Waals surface area contributed by atoms with Gasteiger partial charge in [-0.15, -0.1) is 0 Å². The zero-order valence-corrected chi connectivity index (χ0v) is 11.4. The van der Waals surface area contributed by atoms with Gasteiger partial charge in [-0.25, -0.2) is 9.97 Å². The molecule has 1 rings (SSSR count). The van der Waals surface area contributed by atoms with Crippen molar-refractivity contribution in [2.45, 2.75) is 32.2 Å². The zero-order chi connectivity index (χ0) is 13.6. The first-order valence-corrected chi connectivity index (χ1v) is 6.12. The van der Waals surface area contributed by atoms with Crippen LogP contribution in [0.4, 0.5) is 11.6 Å². The quantitative estimate of drug-likeness (QED) is 0.684. The molecule has 0 aromatic carbocycles. The van der Waals surface area contributed by atoms with E-state index in [0.29, 0.717) is 17.4 Å². The molecule has 0 atom stereocenters. The minimum Gasteiger partial charge on any atom is -0.490 e. The maximum atomic E-state index is 9.57. The summed E-state index contributed by atoms with van der Waals surface area (Å²) in [7, 11) is 3.34. The van der Waals surface area contributed by atoms with E-state index in [1.54, 1.807) is 14.2 Å². The molecule has 0 aliphatic rings. The van der Waals surface area contributed by atoms with E-state index in [2.05, 4.69) is 20.6 Å². The lowest BCUT2D eigenvalue weighted by molar-refractivity contribution is 0.201. The van der Waals surface area contributed by atoms with Gasteiger partial charge in [0.2, 0.25) is 5.75 Å². The van der Waals surface area contributed by atoms with Crippen molar-refractivity contribution in [1.82, 2.24) is 9.97 Å². The Hall–Kier alpha value is -1.56. The maximum Gasteiger partial charge on any atom is 0.204 e. The molecule has 18 heavy (non-hydrogen) atoms. The fraction of sp³-hybridized carbons (Fsp3) is 0.667. The Bertz CT molecular complexity index is 372. The number of ether oxygens (including phenoxy) is 1. The Morgan fingerprint density at radius 1 is 1.28 bits per heavy atom. The normalized spacial score (nSPS) is 11.2. The molecule has 1 aromatic rings. The molecule has 6 heteroatoms. The highest BCUT2D eigenvalue weighted by atomic mass is 16.5. The summed E-state index contributed by atoms with van der Waals surface area (Å²) in [6.07, 6.45) is 3.05. The van der Waals surface area contributed by atoms with Gasteiger partial charge in [-0.3, -0.25) is 0 Å². The minimum absolute atomic E-state index is 0.0437. The topological polar surface area (TPSA) is 79.3 Å². The predicted octanol–water partition coefficient (Wildman–Crippen LogP) is 1.49. The fourth-order valence-electron chi connectivity index (χ4n) is 1.78. The van der Waals surface area contributed by atoms with Gasteiger partial charge in [0.1, 0.15) is 6.33 Å². The van der Waals surface area contributed by atoms with E-state index in [4.69, 9.17) is 4.74 Å². The number of aromatic nitrogens is 2. The van der Waals surface area contributed by atoms with Crippen LogP contribution in [0.2, 0.25) is 0 Å². The summed E-state index contributed by atoms with van der Waals surface area (Å²) < 4.78 is 5.32. The highest BCUT2D eigenvalue weighted by Gasteiger charge is 2.27. The Morgan fingerprint density at radius 3 is 2.33 bits per heavy atom. The molecule has 0 amide bonds. The summed E-state index contributed by atoms with van der Waals surface area (Å²) in [6.45, 7) is 4.10. The van der Waals surface area contributed by atoms with Crippen molar-refractivity contribution in [2.75, 3.05) is 31.4 Å². The molecule has 0 aliphatic heterocycles. The molecule has 0 radical (unpaired) electrons. The smallest absolute Gasteiger partial charge is 0.204 e. The summed E-state index contributed by atoms with van der Waals surface area (Å²) in [5.41, 5.74) is -0.382. The minimum atomic E-state index is -0.382. The van der Waals surface area contributed by atoms with Crippen molar-refractivity contribution in [2.24, 2.45) is 0 Å². The number of aliphatic hydroxyl groups is 1. The fourth-order valence-corrected chi connectivity index (χ4v) is 1.78. The third kappa shape index (κ3) is 2.81. The molecule has 1 heterocycles. The molecule has 3 N–H and O–H groups in total. The van der Waals surface area contributed by atoms with Gasteiger partial charge in [0.15, 0.2) is 11.6 Å². The number of nitrogens with one attached hydrogen (secondary N) is 2. The van der Waals surface area contributed by atoms with Crippen LogP contribution in [0.25, 0.3) is 0 Å². The Labute approximate surface area is 108 Å². The number of hydrogen-bond acceptors (Lipinski definition) is 6. The molecule has 0 saturated heterocycles. The van der Waals surface area contributed by atoms with Crippen molar-refractivity contribution in [3.8, 4) is 5.75 Å². The van der Waals surface area contributed by atoms with Crippen molar-refractivity contribution in [3.05, 3.63) is 6.33 Å². The lowest BCUT2D eigenvalue weighted by Gasteiger charge is -2.31. The third-order valence-electron chi connectivity index (χ3n) is 3.28. The first-order valence-electron chi connectivity index (χ1n) is 6.12. The predicted molar refractivity (Wildman–Crippen MR) is 72.2 cm³/mol. The molecule has 0 unspecified atom stereocenters. The van der Waals surface area contributed by atoms with Crippen LogP contribution in [0.5, 0.6) is 5.75 Å². The van der Waals surface area contributed by atoms with E-state index in [1.165, 1.54) is 6.33 Å². The van der Waals surface area contributed by atoms with Crippen molar-refractivity contribution in [3.63, 3.8) is 0 Å². The molecule has 6 nitrogen and oxygen atoms in total. The molecular formula is C12H22N4O2. The number of anilines is 2. The molecule has 0 aliphatic carbocycles. The Morgan fingerprint density at radius 2 is 1.89 bits per heavy atom. The number of nitrogens with zero attached hydrogens (tertiary/aromatic N) is 2. The first-order chi connectivity index (χ1) is 8.66. The molecule has 0 fully saturated rings. The maximum absolute atomic E-state index is 9.57. The second kappa shape index (κ2) is 6.39. The van der Waals surface area contributed by atoms with E-state index >= 15 is 0 Å².